The average Bonchev–Trinajstić information content (AvgIpc) is 3.23. The van der Waals surface area contributed by atoms with Crippen molar-refractivity contribution < 1.29 is 22.5 Å². The Morgan fingerprint density at radius 3 is 2.62 bits per heavy atom. The fourth-order valence-corrected chi connectivity index (χ4v) is 4.39. The number of hydrogen-bond acceptors (Lipinski definition) is 7. The summed E-state index contributed by atoms with van der Waals surface area (Å²) in [7, 11) is -2.45. The number of rotatable bonds is 4. The third-order valence-electron chi connectivity index (χ3n) is 3.91. The maximum absolute atomic E-state index is 12.9. The molecule has 1 saturated heterocycles. The van der Waals surface area contributed by atoms with Crippen LogP contribution in [0.25, 0.3) is 0 Å². The van der Waals surface area contributed by atoms with Crippen LogP contribution < -0.4 is 0 Å². The lowest BCUT2D eigenvalue weighted by atomic mass is 10.2. The normalized spacial score (nSPS) is 18.7. The number of nitrogens with zero attached hydrogens (tertiary/aromatic N) is 3. The standard InChI is InChI=1S/C15H17N3O5S/c1-10-16-14(23-17-10)13-4-3-9-18(13)24(20,21)12-7-5-11(6-8-12)15(19)22-2/h5-8,13H,3-4,9H2,1-2H3. The molecule has 3 rings (SSSR count). The average molecular weight is 351 g/mol. The predicted molar refractivity (Wildman–Crippen MR) is 82.7 cm³/mol. The van der Waals surface area contributed by atoms with Crippen molar-refractivity contribution in [3.63, 3.8) is 0 Å². The summed E-state index contributed by atoms with van der Waals surface area (Å²) >= 11 is 0. The number of carbonyl (C=O) groups is 1. The van der Waals surface area contributed by atoms with Crippen molar-refractivity contribution >= 4 is 16.0 Å². The van der Waals surface area contributed by atoms with Crippen LogP contribution in [0.3, 0.4) is 0 Å². The van der Waals surface area contributed by atoms with Crippen LogP contribution in [0.1, 0.15) is 41.0 Å². The van der Waals surface area contributed by atoms with Gasteiger partial charge in [0.25, 0.3) is 0 Å². The topological polar surface area (TPSA) is 103 Å². The van der Waals surface area contributed by atoms with E-state index in [9.17, 15) is 13.2 Å². The summed E-state index contributed by atoms with van der Waals surface area (Å²) in [4.78, 5) is 15.7. The number of sulfonamides is 1. The molecular formula is C15H17N3O5S. The number of ether oxygens (including phenoxy) is 1. The van der Waals surface area contributed by atoms with E-state index in [0.717, 1.165) is 0 Å². The maximum atomic E-state index is 12.9. The summed E-state index contributed by atoms with van der Waals surface area (Å²) in [6, 6.07) is 5.20. The van der Waals surface area contributed by atoms with Crippen LogP contribution in [-0.2, 0) is 14.8 Å². The molecule has 9 heteroatoms. The summed E-state index contributed by atoms with van der Waals surface area (Å²) in [6.07, 6.45) is 1.34. The lowest BCUT2D eigenvalue weighted by Gasteiger charge is -2.21. The van der Waals surface area contributed by atoms with Gasteiger partial charge in [-0.3, -0.25) is 0 Å². The van der Waals surface area contributed by atoms with E-state index in [2.05, 4.69) is 14.9 Å². The van der Waals surface area contributed by atoms with Gasteiger partial charge in [-0.25, -0.2) is 13.2 Å². The highest BCUT2D eigenvalue weighted by atomic mass is 32.2. The molecule has 0 N–H and O–H groups in total. The van der Waals surface area contributed by atoms with Crippen molar-refractivity contribution in [2.75, 3.05) is 13.7 Å². The van der Waals surface area contributed by atoms with Crippen LogP contribution in [0, 0.1) is 6.92 Å². The van der Waals surface area contributed by atoms with Gasteiger partial charge in [0.2, 0.25) is 15.9 Å². The second kappa shape index (κ2) is 6.33. The number of hydrogen-bond donors (Lipinski definition) is 0. The molecule has 2 heterocycles. The molecule has 24 heavy (non-hydrogen) atoms. The van der Waals surface area contributed by atoms with E-state index in [-0.39, 0.29) is 4.90 Å². The Hall–Kier alpha value is -2.26. The maximum Gasteiger partial charge on any atom is 0.337 e. The molecule has 1 aromatic carbocycles. The number of aryl methyl sites for hydroxylation is 1. The van der Waals surface area contributed by atoms with E-state index in [1.165, 1.54) is 35.7 Å². The van der Waals surface area contributed by atoms with Gasteiger partial charge in [-0.15, -0.1) is 0 Å². The molecule has 1 fully saturated rings. The van der Waals surface area contributed by atoms with E-state index < -0.39 is 22.0 Å². The van der Waals surface area contributed by atoms with Crippen molar-refractivity contribution in [2.24, 2.45) is 0 Å². The second-order valence-electron chi connectivity index (χ2n) is 5.47. The van der Waals surface area contributed by atoms with Crippen molar-refractivity contribution in [2.45, 2.75) is 30.7 Å². The second-order valence-corrected chi connectivity index (χ2v) is 7.36. The molecule has 1 aliphatic rings. The van der Waals surface area contributed by atoms with Crippen LogP contribution in [0.5, 0.6) is 0 Å². The van der Waals surface area contributed by atoms with Gasteiger partial charge in [0, 0.05) is 6.54 Å². The molecule has 0 radical (unpaired) electrons. The highest BCUT2D eigenvalue weighted by Crippen LogP contribution is 2.35. The third-order valence-corrected chi connectivity index (χ3v) is 5.84. The van der Waals surface area contributed by atoms with Crippen molar-refractivity contribution in [3.05, 3.63) is 41.5 Å². The molecule has 0 amide bonds. The lowest BCUT2D eigenvalue weighted by molar-refractivity contribution is 0.0600. The molecule has 0 spiro atoms. The Kier molecular flexibility index (Phi) is 4.37. The quantitative estimate of drug-likeness (QED) is 0.772. The van der Waals surface area contributed by atoms with E-state index in [4.69, 9.17) is 4.52 Å². The minimum atomic E-state index is -3.72. The summed E-state index contributed by atoms with van der Waals surface area (Å²) in [5.74, 6) is 0.260. The molecule has 1 unspecified atom stereocenters. The van der Waals surface area contributed by atoms with Crippen LogP contribution >= 0.6 is 0 Å². The van der Waals surface area contributed by atoms with E-state index in [1.807, 2.05) is 0 Å². The number of benzene rings is 1. The monoisotopic (exact) mass is 351 g/mol. The molecule has 128 valence electrons. The zero-order valence-electron chi connectivity index (χ0n) is 13.3. The minimum absolute atomic E-state index is 0.110. The van der Waals surface area contributed by atoms with Gasteiger partial charge < -0.3 is 9.26 Å². The zero-order chi connectivity index (χ0) is 17.3. The Bertz CT molecular complexity index is 844. The fourth-order valence-electron chi connectivity index (χ4n) is 2.74. The number of esters is 1. The van der Waals surface area contributed by atoms with Crippen LogP contribution in [-0.4, -0.2) is 42.5 Å². The third kappa shape index (κ3) is 2.92. The van der Waals surface area contributed by atoms with Gasteiger partial charge in [0.1, 0.15) is 6.04 Å². The number of carbonyl (C=O) groups excluding carboxylic acids is 1. The zero-order valence-corrected chi connectivity index (χ0v) is 14.1. The SMILES string of the molecule is COC(=O)c1ccc(S(=O)(=O)N2CCCC2c2nc(C)no2)cc1. The molecule has 1 aliphatic heterocycles. The first-order valence-electron chi connectivity index (χ1n) is 7.44. The Morgan fingerprint density at radius 1 is 1.33 bits per heavy atom. The molecule has 0 aliphatic carbocycles. The molecule has 1 atom stereocenters. The van der Waals surface area contributed by atoms with Crippen molar-refractivity contribution in [3.8, 4) is 0 Å². The summed E-state index contributed by atoms with van der Waals surface area (Å²) in [6.45, 7) is 2.07. The smallest absolute Gasteiger partial charge is 0.337 e. The number of aromatic nitrogens is 2. The Balaban J connectivity index is 1.90. The van der Waals surface area contributed by atoms with Gasteiger partial charge in [-0.2, -0.15) is 9.29 Å². The summed E-state index contributed by atoms with van der Waals surface area (Å²) < 4.78 is 36.9. The molecule has 0 saturated carbocycles. The van der Waals surface area contributed by atoms with Gasteiger partial charge in [-0.1, -0.05) is 5.16 Å². The molecule has 0 bridgehead atoms. The Labute approximate surface area is 139 Å². The summed E-state index contributed by atoms with van der Waals surface area (Å²) in [5.41, 5.74) is 0.293. The fraction of sp³-hybridized carbons (Fsp3) is 0.400. The molecule has 8 nitrogen and oxygen atoms in total. The first kappa shape index (κ1) is 16.6. The van der Waals surface area contributed by atoms with Crippen LogP contribution in [0.4, 0.5) is 0 Å². The minimum Gasteiger partial charge on any atom is -0.465 e. The van der Waals surface area contributed by atoms with Crippen molar-refractivity contribution in [1.82, 2.24) is 14.4 Å². The molecular weight excluding hydrogens is 334 g/mol. The first-order chi connectivity index (χ1) is 11.4. The first-order valence-corrected chi connectivity index (χ1v) is 8.88. The van der Waals surface area contributed by atoms with Gasteiger partial charge in [0.05, 0.1) is 17.6 Å². The van der Waals surface area contributed by atoms with Crippen LogP contribution in [0.2, 0.25) is 0 Å². The molecule has 1 aromatic heterocycles. The number of methoxy groups -OCH3 is 1. The lowest BCUT2D eigenvalue weighted by Crippen LogP contribution is -2.30. The predicted octanol–water partition coefficient (Wildman–Crippen LogP) is 1.69. The van der Waals surface area contributed by atoms with Crippen molar-refractivity contribution in [1.29, 1.82) is 0 Å². The van der Waals surface area contributed by atoms with E-state index in [0.29, 0.717) is 36.7 Å². The highest BCUT2D eigenvalue weighted by Gasteiger charge is 2.39. The highest BCUT2D eigenvalue weighted by molar-refractivity contribution is 7.89. The van der Waals surface area contributed by atoms with Gasteiger partial charge >= 0.3 is 5.97 Å². The van der Waals surface area contributed by atoms with Gasteiger partial charge in [-0.05, 0) is 44.0 Å². The van der Waals surface area contributed by atoms with Gasteiger partial charge in [0.15, 0.2) is 5.82 Å². The summed E-state index contributed by atoms with van der Waals surface area (Å²) in [5, 5.41) is 3.73. The van der Waals surface area contributed by atoms with E-state index in [1.54, 1.807) is 6.92 Å². The van der Waals surface area contributed by atoms with E-state index >= 15 is 0 Å². The Morgan fingerprint density at radius 2 is 2.04 bits per heavy atom. The largest absolute Gasteiger partial charge is 0.465 e. The molecule has 2 aromatic rings. The van der Waals surface area contributed by atoms with Crippen LogP contribution in [0.15, 0.2) is 33.7 Å².